The Labute approximate surface area is 172 Å². The van der Waals surface area contributed by atoms with Crippen LogP contribution < -0.4 is 14.8 Å². The highest BCUT2D eigenvalue weighted by molar-refractivity contribution is 5.96. The summed E-state index contributed by atoms with van der Waals surface area (Å²) in [5.74, 6) is 1.18. The van der Waals surface area contributed by atoms with Gasteiger partial charge in [-0.3, -0.25) is 9.59 Å². The summed E-state index contributed by atoms with van der Waals surface area (Å²) in [7, 11) is 1.68. The molecule has 3 fully saturated rings. The number of rotatable bonds is 1. The third kappa shape index (κ3) is 1.73. The highest BCUT2D eigenvalue weighted by atomic mass is 16.7. The second kappa shape index (κ2) is 5.07. The lowest BCUT2D eigenvalue weighted by Gasteiger charge is -2.48. The molecule has 0 radical (unpaired) electrons. The standard InChI is InChI=1S/C22H19N3O5/c1-24-10-18(26)25-15(20(24)27)9-21-13-4-2-3-5-14(13)23-22(21,30-21)19(25)12-6-7-16-17(8-12)29-11-28-16/h2-8,15,19,23H,9-11H2,1H3/t15-,19-,21+,22+/m1/s1. The van der Waals surface area contributed by atoms with Crippen LogP contribution in [0.3, 0.4) is 0 Å². The van der Waals surface area contributed by atoms with Crippen LogP contribution in [0.2, 0.25) is 0 Å². The summed E-state index contributed by atoms with van der Waals surface area (Å²) in [4.78, 5) is 29.6. The molecule has 0 bridgehead atoms. The molecule has 152 valence electrons. The lowest BCUT2D eigenvalue weighted by Crippen LogP contribution is -2.65. The molecular formula is C22H19N3O5. The van der Waals surface area contributed by atoms with E-state index in [2.05, 4.69) is 5.32 Å². The second-order valence-electron chi connectivity index (χ2n) is 8.57. The Morgan fingerprint density at radius 3 is 2.83 bits per heavy atom. The van der Waals surface area contributed by atoms with Crippen molar-refractivity contribution in [3.8, 4) is 11.5 Å². The minimum atomic E-state index is -0.799. The van der Waals surface area contributed by atoms with Gasteiger partial charge in [0, 0.05) is 24.7 Å². The van der Waals surface area contributed by atoms with E-state index in [-0.39, 0.29) is 25.2 Å². The molecule has 30 heavy (non-hydrogen) atoms. The number of ether oxygens (including phenoxy) is 3. The summed E-state index contributed by atoms with van der Waals surface area (Å²) in [6, 6.07) is 12.7. The SMILES string of the molecule is CN1CC(=O)N2[C@H](C[C@@]34O[C@@]3(Nc3ccccc34)[C@H]2c2ccc3c(c2)OCO3)C1=O. The Kier molecular flexibility index (Phi) is 2.79. The first kappa shape index (κ1) is 16.5. The fraction of sp³-hybridized carbons (Fsp3) is 0.364. The molecule has 5 heterocycles. The number of benzene rings is 2. The molecule has 2 aromatic carbocycles. The summed E-state index contributed by atoms with van der Waals surface area (Å²) in [6.45, 7) is 0.236. The first-order valence-corrected chi connectivity index (χ1v) is 10.1. The van der Waals surface area contributed by atoms with Crippen molar-refractivity contribution < 1.29 is 23.8 Å². The number of hydrogen-bond donors (Lipinski definition) is 1. The number of likely N-dealkylation sites (N-methyl/N-ethyl adjacent to an activating group) is 1. The molecule has 7 rings (SSSR count). The Bertz CT molecular complexity index is 1150. The largest absolute Gasteiger partial charge is 0.454 e. The van der Waals surface area contributed by atoms with Crippen molar-refractivity contribution in [3.05, 3.63) is 53.6 Å². The van der Waals surface area contributed by atoms with Crippen LogP contribution >= 0.6 is 0 Å². The normalized spacial score (nSPS) is 34.7. The zero-order valence-electron chi connectivity index (χ0n) is 16.3. The van der Waals surface area contributed by atoms with Gasteiger partial charge in [0.25, 0.3) is 0 Å². The lowest BCUT2D eigenvalue weighted by molar-refractivity contribution is -0.161. The van der Waals surface area contributed by atoms with Crippen LogP contribution in [0.4, 0.5) is 5.69 Å². The number of nitrogens with zero attached hydrogens (tertiary/aromatic N) is 2. The molecule has 3 saturated heterocycles. The molecule has 2 amide bonds. The maximum atomic E-state index is 13.2. The van der Waals surface area contributed by atoms with Gasteiger partial charge < -0.3 is 29.3 Å². The maximum absolute atomic E-state index is 13.2. The smallest absolute Gasteiger partial charge is 0.245 e. The predicted molar refractivity (Wildman–Crippen MR) is 104 cm³/mol. The summed E-state index contributed by atoms with van der Waals surface area (Å²) in [6.07, 6.45) is 0.437. The minimum Gasteiger partial charge on any atom is -0.454 e. The third-order valence-electron chi connectivity index (χ3n) is 7.09. The fourth-order valence-electron chi connectivity index (χ4n) is 5.79. The van der Waals surface area contributed by atoms with Crippen LogP contribution in [-0.2, 0) is 19.9 Å². The van der Waals surface area contributed by atoms with E-state index >= 15 is 0 Å². The number of piperidine rings is 1. The third-order valence-corrected chi connectivity index (χ3v) is 7.09. The number of carbonyl (C=O) groups excluding carboxylic acids is 2. The van der Waals surface area contributed by atoms with Crippen molar-refractivity contribution in [3.63, 3.8) is 0 Å². The molecule has 2 aromatic rings. The van der Waals surface area contributed by atoms with E-state index < -0.39 is 23.4 Å². The minimum absolute atomic E-state index is 0.0526. The number of hydrogen-bond acceptors (Lipinski definition) is 6. The van der Waals surface area contributed by atoms with Crippen molar-refractivity contribution >= 4 is 17.5 Å². The molecule has 1 N–H and O–H groups in total. The van der Waals surface area contributed by atoms with E-state index in [0.717, 1.165) is 16.8 Å². The summed E-state index contributed by atoms with van der Waals surface area (Å²) in [5.41, 5.74) is 1.45. The number of nitrogens with one attached hydrogen (secondary N) is 1. The molecule has 0 unspecified atom stereocenters. The van der Waals surface area contributed by atoms with Crippen LogP contribution in [0.15, 0.2) is 42.5 Å². The van der Waals surface area contributed by atoms with Gasteiger partial charge in [-0.15, -0.1) is 0 Å². The summed E-state index contributed by atoms with van der Waals surface area (Å²) < 4.78 is 17.5. The van der Waals surface area contributed by atoms with Gasteiger partial charge in [-0.25, -0.2) is 0 Å². The summed E-state index contributed by atoms with van der Waals surface area (Å²) in [5, 5.41) is 3.56. The van der Waals surface area contributed by atoms with Crippen molar-refractivity contribution in [2.24, 2.45) is 0 Å². The number of amides is 2. The zero-order valence-corrected chi connectivity index (χ0v) is 16.3. The van der Waals surface area contributed by atoms with Crippen molar-refractivity contribution in [1.29, 1.82) is 0 Å². The molecule has 0 aliphatic carbocycles. The predicted octanol–water partition coefficient (Wildman–Crippen LogP) is 1.58. The monoisotopic (exact) mass is 405 g/mol. The molecule has 0 saturated carbocycles. The van der Waals surface area contributed by atoms with E-state index in [0.29, 0.717) is 17.9 Å². The van der Waals surface area contributed by atoms with Gasteiger partial charge in [-0.05, 0) is 23.8 Å². The quantitative estimate of drug-likeness (QED) is 0.726. The van der Waals surface area contributed by atoms with Gasteiger partial charge in [0.15, 0.2) is 22.8 Å². The first-order valence-electron chi connectivity index (χ1n) is 10.1. The average Bonchev–Trinajstić information content (AvgIpc) is 3.04. The number of epoxide rings is 1. The number of para-hydroxylation sites is 1. The first-order chi connectivity index (χ1) is 14.5. The Morgan fingerprint density at radius 1 is 1.10 bits per heavy atom. The van der Waals surface area contributed by atoms with Crippen molar-refractivity contribution in [2.45, 2.75) is 29.8 Å². The average molecular weight is 405 g/mol. The van der Waals surface area contributed by atoms with Crippen LogP contribution in [0.25, 0.3) is 0 Å². The topological polar surface area (TPSA) is 83.6 Å². The Hall–Kier alpha value is -3.26. The molecule has 5 aliphatic heterocycles. The molecule has 8 nitrogen and oxygen atoms in total. The fourth-order valence-corrected chi connectivity index (χ4v) is 5.79. The number of piperazine rings is 1. The van der Waals surface area contributed by atoms with Crippen LogP contribution in [0.5, 0.6) is 11.5 Å². The van der Waals surface area contributed by atoms with Gasteiger partial charge in [-0.2, -0.15) is 0 Å². The van der Waals surface area contributed by atoms with E-state index in [1.54, 1.807) is 11.9 Å². The van der Waals surface area contributed by atoms with Crippen molar-refractivity contribution in [2.75, 3.05) is 25.7 Å². The molecular weight excluding hydrogens is 386 g/mol. The lowest BCUT2D eigenvalue weighted by atomic mass is 9.76. The van der Waals surface area contributed by atoms with Crippen molar-refractivity contribution in [1.82, 2.24) is 9.80 Å². The van der Waals surface area contributed by atoms with E-state index in [1.807, 2.05) is 42.5 Å². The van der Waals surface area contributed by atoms with Gasteiger partial charge in [0.05, 0.1) is 6.54 Å². The van der Waals surface area contributed by atoms with E-state index in [1.165, 1.54) is 4.90 Å². The van der Waals surface area contributed by atoms with Crippen LogP contribution in [0.1, 0.15) is 23.6 Å². The van der Waals surface area contributed by atoms with Gasteiger partial charge in [-0.1, -0.05) is 24.3 Å². The Morgan fingerprint density at radius 2 is 1.93 bits per heavy atom. The zero-order chi connectivity index (χ0) is 20.3. The summed E-state index contributed by atoms with van der Waals surface area (Å²) >= 11 is 0. The molecule has 5 aliphatic rings. The highest BCUT2D eigenvalue weighted by Gasteiger charge is 2.83. The van der Waals surface area contributed by atoms with Gasteiger partial charge >= 0.3 is 0 Å². The van der Waals surface area contributed by atoms with Gasteiger partial charge in [0.1, 0.15) is 12.1 Å². The van der Waals surface area contributed by atoms with E-state index in [4.69, 9.17) is 14.2 Å². The number of anilines is 1. The Balaban J connectivity index is 1.44. The van der Waals surface area contributed by atoms with Crippen LogP contribution in [0, 0.1) is 0 Å². The van der Waals surface area contributed by atoms with E-state index in [9.17, 15) is 9.59 Å². The molecule has 8 heteroatoms. The van der Waals surface area contributed by atoms with Crippen LogP contribution in [-0.4, -0.2) is 53.8 Å². The second-order valence-corrected chi connectivity index (χ2v) is 8.57. The highest BCUT2D eigenvalue weighted by Crippen LogP contribution is 2.73. The molecule has 4 atom stereocenters. The number of fused-ring (bicyclic) bond motifs is 3. The number of carbonyl (C=O) groups is 2. The maximum Gasteiger partial charge on any atom is 0.245 e. The molecule has 0 spiro atoms. The van der Waals surface area contributed by atoms with Gasteiger partial charge in [0.2, 0.25) is 18.6 Å². The molecule has 0 aromatic heterocycles.